The molecule has 2 rings (SSSR count). The standard InChI is InChI=1S/C18H19ClN2O4/c1-3-11-24-14-8-6-13(7-9-14)18(23)25-12(2)17(22)21-15-5-4-10-20-16(15)19/h4-10,12H,3,11H2,1-2H3,(H,21,22)/t12-/m0/s1. The minimum absolute atomic E-state index is 0.164. The minimum Gasteiger partial charge on any atom is -0.494 e. The Bertz CT molecular complexity index is 734. The molecular formula is C18H19ClN2O4. The zero-order valence-corrected chi connectivity index (χ0v) is 14.7. The Morgan fingerprint density at radius 2 is 1.96 bits per heavy atom. The van der Waals surface area contributed by atoms with Crippen molar-refractivity contribution in [3.8, 4) is 5.75 Å². The van der Waals surface area contributed by atoms with Gasteiger partial charge in [0.1, 0.15) is 5.75 Å². The van der Waals surface area contributed by atoms with Gasteiger partial charge in [0.25, 0.3) is 5.91 Å². The summed E-state index contributed by atoms with van der Waals surface area (Å²) in [5, 5.41) is 2.73. The van der Waals surface area contributed by atoms with Gasteiger partial charge in [-0.3, -0.25) is 4.79 Å². The molecule has 132 valence electrons. The van der Waals surface area contributed by atoms with Crippen LogP contribution in [0, 0.1) is 0 Å². The molecule has 1 atom stereocenters. The van der Waals surface area contributed by atoms with Gasteiger partial charge in [-0.15, -0.1) is 0 Å². The lowest BCUT2D eigenvalue weighted by molar-refractivity contribution is -0.123. The van der Waals surface area contributed by atoms with E-state index in [1.54, 1.807) is 36.4 Å². The number of anilines is 1. The molecule has 0 fully saturated rings. The van der Waals surface area contributed by atoms with Crippen LogP contribution < -0.4 is 10.1 Å². The maximum atomic E-state index is 12.1. The Morgan fingerprint density at radius 1 is 1.24 bits per heavy atom. The minimum atomic E-state index is -0.986. The van der Waals surface area contributed by atoms with E-state index < -0.39 is 18.0 Å². The number of hydrogen-bond acceptors (Lipinski definition) is 5. The van der Waals surface area contributed by atoms with Crippen LogP contribution in [0.25, 0.3) is 0 Å². The molecule has 6 nitrogen and oxygen atoms in total. The second kappa shape index (κ2) is 9.03. The van der Waals surface area contributed by atoms with Crippen LogP contribution in [0.3, 0.4) is 0 Å². The van der Waals surface area contributed by atoms with Gasteiger partial charge in [-0.1, -0.05) is 18.5 Å². The van der Waals surface area contributed by atoms with Crippen LogP contribution in [0.15, 0.2) is 42.6 Å². The molecule has 7 heteroatoms. The zero-order chi connectivity index (χ0) is 18.2. The highest BCUT2D eigenvalue weighted by atomic mass is 35.5. The highest BCUT2D eigenvalue weighted by Crippen LogP contribution is 2.18. The summed E-state index contributed by atoms with van der Waals surface area (Å²) in [6, 6.07) is 9.81. The number of aromatic nitrogens is 1. The second-order valence-electron chi connectivity index (χ2n) is 5.25. The first kappa shape index (κ1) is 18.7. The number of carbonyl (C=O) groups excluding carboxylic acids is 2. The molecule has 1 aromatic heterocycles. The Morgan fingerprint density at radius 3 is 2.60 bits per heavy atom. The molecule has 0 saturated carbocycles. The summed E-state index contributed by atoms with van der Waals surface area (Å²) in [5.74, 6) is -0.413. The third-order valence-corrected chi connectivity index (χ3v) is 3.53. The van der Waals surface area contributed by atoms with Crippen molar-refractivity contribution in [2.24, 2.45) is 0 Å². The Hall–Kier alpha value is -2.60. The van der Waals surface area contributed by atoms with Crippen LogP contribution in [0.4, 0.5) is 5.69 Å². The summed E-state index contributed by atoms with van der Waals surface area (Å²) >= 11 is 5.88. The van der Waals surface area contributed by atoms with Crippen LogP contribution in [0.1, 0.15) is 30.6 Å². The molecule has 0 bridgehead atoms. The summed E-state index contributed by atoms with van der Waals surface area (Å²) in [6.45, 7) is 4.10. The van der Waals surface area contributed by atoms with Gasteiger partial charge in [-0.2, -0.15) is 0 Å². The van der Waals surface area contributed by atoms with Gasteiger partial charge < -0.3 is 14.8 Å². The second-order valence-corrected chi connectivity index (χ2v) is 5.61. The lowest BCUT2D eigenvalue weighted by Crippen LogP contribution is -2.30. The van der Waals surface area contributed by atoms with Crippen LogP contribution in [-0.2, 0) is 9.53 Å². The van der Waals surface area contributed by atoms with Crippen molar-refractivity contribution >= 4 is 29.2 Å². The first-order valence-corrected chi connectivity index (χ1v) is 8.24. The Kier molecular flexibility index (Phi) is 6.77. The number of hydrogen-bond donors (Lipinski definition) is 1. The highest BCUT2D eigenvalue weighted by molar-refractivity contribution is 6.32. The van der Waals surface area contributed by atoms with Gasteiger partial charge >= 0.3 is 5.97 Å². The van der Waals surface area contributed by atoms with E-state index in [9.17, 15) is 9.59 Å². The topological polar surface area (TPSA) is 77.5 Å². The van der Waals surface area contributed by atoms with Gasteiger partial charge in [0.05, 0.1) is 17.9 Å². The molecule has 0 spiro atoms. The van der Waals surface area contributed by atoms with Crippen LogP contribution in [-0.4, -0.2) is 29.6 Å². The first-order chi connectivity index (χ1) is 12.0. The molecule has 0 radical (unpaired) electrons. The van der Waals surface area contributed by atoms with Crippen molar-refractivity contribution in [3.63, 3.8) is 0 Å². The van der Waals surface area contributed by atoms with Gasteiger partial charge in [-0.05, 0) is 49.7 Å². The van der Waals surface area contributed by atoms with Crippen molar-refractivity contribution in [2.75, 3.05) is 11.9 Å². The quantitative estimate of drug-likeness (QED) is 0.600. The Labute approximate surface area is 151 Å². The van der Waals surface area contributed by atoms with Gasteiger partial charge in [0, 0.05) is 6.20 Å². The highest BCUT2D eigenvalue weighted by Gasteiger charge is 2.20. The lowest BCUT2D eigenvalue weighted by atomic mass is 10.2. The number of nitrogens with one attached hydrogen (secondary N) is 1. The van der Waals surface area contributed by atoms with Crippen molar-refractivity contribution in [3.05, 3.63) is 53.3 Å². The van der Waals surface area contributed by atoms with Crippen molar-refractivity contribution in [2.45, 2.75) is 26.4 Å². The molecule has 0 unspecified atom stereocenters. The number of amides is 1. The average Bonchev–Trinajstić information content (AvgIpc) is 2.62. The molecule has 0 aliphatic rings. The van der Waals surface area contributed by atoms with Crippen LogP contribution in [0.5, 0.6) is 5.75 Å². The summed E-state index contributed by atoms with van der Waals surface area (Å²) in [7, 11) is 0. The van der Waals surface area contributed by atoms with Crippen molar-refractivity contribution in [1.29, 1.82) is 0 Å². The predicted molar refractivity (Wildman–Crippen MR) is 95.0 cm³/mol. The summed E-state index contributed by atoms with van der Waals surface area (Å²) < 4.78 is 10.6. The fraction of sp³-hybridized carbons (Fsp3) is 0.278. The molecule has 0 aliphatic heterocycles. The van der Waals surface area contributed by atoms with E-state index in [1.165, 1.54) is 13.1 Å². The number of rotatable bonds is 7. The fourth-order valence-corrected chi connectivity index (χ4v) is 2.07. The number of benzene rings is 1. The largest absolute Gasteiger partial charge is 0.494 e. The van der Waals surface area contributed by atoms with Crippen LogP contribution in [0.2, 0.25) is 5.15 Å². The van der Waals surface area contributed by atoms with Gasteiger partial charge in [-0.25, -0.2) is 9.78 Å². The van der Waals surface area contributed by atoms with E-state index in [0.717, 1.165) is 6.42 Å². The maximum absolute atomic E-state index is 12.1. The number of esters is 1. The number of carbonyl (C=O) groups is 2. The molecule has 1 aromatic carbocycles. The van der Waals surface area contributed by atoms with E-state index in [4.69, 9.17) is 21.1 Å². The van der Waals surface area contributed by atoms with Crippen molar-refractivity contribution < 1.29 is 19.1 Å². The lowest BCUT2D eigenvalue weighted by Gasteiger charge is -2.14. The number of nitrogens with zero attached hydrogens (tertiary/aromatic N) is 1. The third kappa shape index (κ3) is 5.46. The first-order valence-electron chi connectivity index (χ1n) is 7.86. The van der Waals surface area contributed by atoms with E-state index in [2.05, 4.69) is 10.3 Å². The average molecular weight is 363 g/mol. The Balaban J connectivity index is 1.92. The van der Waals surface area contributed by atoms with E-state index in [-0.39, 0.29) is 5.15 Å². The van der Waals surface area contributed by atoms with E-state index >= 15 is 0 Å². The normalized spacial score (nSPS) is 11.5. The summed E-state index contributed by atoms with van der Waals surface area (Å²) in [5.41, 5.74) is 0.692. The van der Waals surface area contributed by atoms with E-state index in [1.807, 2.05) is 6.92 Å². The fourth-order valence-electron chi connectivity index (χ4n) is 1.90. The van der Waals surface area contributed by atoms with Gasteiger partial charge in [0.15, 0.2) is 11.3 Å². The SMILES string of the molecule is CCCOc1ccc(C(=O)O[C@@H](C)C(=O)Nc2cccnc2Cl)cc1. The van der Waals surface area contributed by atoms with Crippen molar-refractivity contribution in [1.82, 2.24) is 4.98 Å². The predicted octanol–water partition coefficient (Wildman–Crippen LogP) is 3.71. The molecule has 1 N–H and O–H groups in total. The summed E-state index contributed by atoms with van der Waals surface area (Å²) in [6.07, 6.45) is 1.42. The van der Waals surface area contributed by atoms with Crippen LogP contribution >= 0.6 is 11.6 Å². The molecule has 0 aliphatic carbocycles. The monoisotopic (exact) mass is 362 g/mol. The number of halogens is 1. The van der Waals surface area contributed by atoms with Gasteiger partial charge in [0.2, 0.25) is 0 Å². The molecule has 25 heavy (non-hydrogen) atoms. The molecule has 2 aromatic rings. The maximum Gasteiger partial charge on any atom is 0.338 e. The molecule has 1 amide bonds. The number of pyridine rings is 1. The van der Waals surface area contributed by atoms with E-state index in [0.29, 0.717) is 23.6 Å². The molecular weight excluding hydrogens is 344 g/mol. The third-order valence-electron chi connectivity index (χ3n) is 3.23. The zero-order valence-electron chi connectivity index (χ0n) is 14.0. The molecule has 1 heterocycles. The smallest absolute Gasteiger partial charge is 0.338 e. The summed E-state index contributed by atoms with van der Waals surface area (Å²) in [4.78, 5) is 28.1. The number of ether oxygens (including phenoxy) is 2. The molecule has 0 saturated heterocycles.